The summed E-state index contributed by atoms with van der Waals surface area (Å²) >= 11 is 0. The third-order valence-corrected chi connectivity index (χ3v) is 12.8. The van der Waals surface area contributed by atoms with Gasteiger partial charge in [0.05, 0.1) is 22.4 Å². The molecular formula is C55H45N3. The number of para-hydroxylation sites is 4. The second kappa shape index (κ2) is 13.7. The van der Waals surface area contributed by atoms with Crippen LogP contribution in [0.1, 0.15) is 46.2 Å². The van der Waals surface area contributed by atoms with Crippen molar-refractivity contribution in [1.29, 1.82) is 0 Å². The van der Waals surface area contributed by atoms with Crippen molar-refractivity contribution in [2.75, 3.05) is 9.80 Å². The summed E-state index contributed by atoms with van der Waals surface area (Å²) in [5.74, 6) is 0. The van der Waals surface area contributed by atoms with E-state index in [-0.39, 0.29) is 5.41 Å². The molecule has 1 atom stereocenters. The van der Waals surface area contributed by atoms with Crippen molar-refractivity contribution in [2.24, 2.45) is 0 Å². The molecule has 0 N–H and O–H groups in total. The van der Waals surface area contributed by atoms with Gasteiger partial charge in [0, 0.05) is 44.6 Å². The van der Waals surface area contributed by atoms with E-state index in [9.17, 15) is 0 Å². The Hall–Kier alpha value is -6.84. The van der Waals surface area contributed by atoms with Crippen LogP contribution in [0.5, 0.6) is 0 Å². The average molecular weight is 748 g/mol. The summed E-state index contributed by atoms with van der Waals surface area (Å²) < 4.78 is 2.47. The third-order valence-electron chi connectivity index (χ3n) is 12.8. The van der Waals surface area contributed by atoms with Crippen LogP contribution in [-0.4, -0.2) is 4.57 Å². The summed E-state index contributed by atoms with van der Waals surface area (Å²) in [6.07, 6.45) is 4.28. The first kappa shape index (κ1) is 34.4. The predicted molar refractivity (Wildman–Crippen MR) is 243 cm³/mol. The van der Waals surface area contributed by atoms with Crippen molar-refractivity contribution in [3.63, 3.8) is 0 Å². The summed E-state index contributed by atoms with van der Waals surface area (Å²) in [4.78, 5) is 5.03. The minimum absolute atomic E-state index is 0.148. The van der Waals surface area contributed by atoms with Gasteiger partial charge in [-0.25, -0.2) is 0 Å². The van der Waals surface area contributed by atoms with Crippen LogP contribution >= 0.6 is 0 Å². The van der Waals surface area contributed by atoms with Gasteiger partial charge in [0.1, 0.15) is 0 Å². The van der Waals surface area contributed by atoms with Gasteiger partial charge in [-0.15, -0.1) is 0 Å². The van der Waals surface area contributed by atoms with Crippen LogP contribution < -0.4 is 9.80 Å². The maximum Gasteiger partial charge on any atom is 0.0562 e. The van der Waals surface area contributed by atoms with Crippen LogP contribution in [0, 0.1) is 13.8 Å². The van der Waals surface area contributed by atoms with Gasteiger partial charge in [-0.3, -0.25) is 0 Å². The molecule has 2 aliphatic rings. The monoisotopic (exact) mass is 747 g/mol. The molecule has 0 saturated carbocycles. The first-order valence-corrected chi connectivity index (χ1v) is 20.7. The molecular weight excluding hydrogens is 703 g/mol. The summed E-state index contributed by atoms with van der Waals surface area (Å²) in [7, 11) is 0. The zero-order valence-electron chi connectivity index (χ0n) is 33.1. The minimum Gasteiger partial charge on any atom is -0.310 e. The normalized spacial score (nSPS) is 15.6. The van der Waals surface area contributed by atoms with Crippen LogP contribution in [0.3, 0.4) is 0 Å². The molecule has 58 heavy (non-hydrogen) atoms. The lowest BCUT2D eigenvalue weighted by molar-refractivity contribution is 0.508. The largest absolute Gasteiger partial charge is 0.310 e. The maximum absolute atomic E-state index is 2.54. The molecule has 1 spiro atoms. The van der Waals surface area contributed by atoms with Gasteiger partial charge in [0.15, 0.2) is 0 Å². The van der Waals surface area contributed by atoms with E-state index in [4.69, 9.17) is 0 Å². The van der Waals surface area contributed by atoms with Gasteiger partial charge in [-0.2, -0.15) is 0 Å². The van der Waals surface area contributed by atoms with Gasteiger partial charge < -0.3 is 14.4 Å². The summed E-state index contributed by atoms with van der Waals surface area (Å²) in [6, 6.07) is 69.6. The number of rotatable bonds is 7. The smallest absolute Gasteiger partial charge is 0.0562 e. The van der Waals surface area contributed by atoms with Crippen molar-refractivity contribution in [2.45, 2.75) is 44.9 Å². The minimum atomic E-state index is -0.148. The molecule has 0 unspecified atom stereocenters. The molecule has 1 heterocycles. The molecule has 0 amide bonds. The molecule has 9 aromatic rings. The van der Waals surface area contributed by atoms with E-state index in [2.05, 4.69) is 216 Å². The number of hydrogen-bond acceptors (Lipinski definition) is 2. The van der Waals surface area contributed by atoms with Gasteiger partial charge in [-0.05, 0) is 152 Å². The molecule has 0 bridgehead atoms. The quantitative estimate of drug-likeness (QED) is 0.161. The second-order valence-corrected chi connectivity index (χ2v) is 16.2. The van der Waals surface area contributed by atoms with Crippen LogP contribution in [0.4, 0.5) is 34.1 Å². The van der Waals surface area contributed by atoms with E-state index in [1.807, 2.05) is 0 Å². The Morgan fingerprint density at radius 2 is 0.948 bits per heavy atom. The van der Waals surface area contributed by atoms with E-state index in [1.54, 1.807) is 0 Å². The molecule has 0 aliphatic heterocycles. The summed E-state index contributed by atoms with van der Waals surface area (Å²) in [6.45, 7) is 4.46. The number of anilines is 6. The fourth-order valence-electron chi connectivity index (χ4n) is 10.6. The van der Waals surface area contributed by atoms with E-state index in [1.165, 1.54) is 83.6 Å². The number of aryl methyl sites for hydroxylation is 4. The van der Waals surface area contributed by atoms with Gasteiger partial charge in [0.2, 0.25) is 0 Å². The highest BCUT2D eigenvalue weighted by atomic mass is 15.2. The van der Waals surface area contributed by atoms with Gasteiger partial charge in [-0.1, -0.05) is 109 Å². The molecule has 11 rings (SSSR count). The average Bonchev–Trinajstić information content (AvgIpc) is 3.95. The molecule has 2 aliphatic carbocycles. The van der Waals surface area contributed by atoms with Crippen LogP contribution in [0.2, 0.25) is 0 Å². The molecule has 3 heteroatoms. The third kappa shape index (κ3) is 5.34. The number of nitrogens with zero attached hydrogens (tertiary/aromatic N) is 3. The highest BCUT2D eigenvalue weighted by Gasteiger charge is 2.49. The lowest BCUT2D eigenvalue weighted by Crippen LogP contribution is -2.27. The molecule has 0 saturated heterocycles. The Kier molecular flexibility index (Phi) is 8.11. The first-order valence-electron chi connectivity index (χ1n) is 20.7. The van der Waals surface area contributed by atoms with Crippen molar-refractivity contribution in [1.82, 2.24) is 4.57 Å². The highest BCUT2D eigenvalue weighted by molar-refractivity contribution is 6.12. The highest BCUT2D eigenvalue weighted by Crippen LogP contribution is 2.60. The van der Waals surface area contributed by atoms with Crippen molar-refractivity contribution < 1.29 is 0 Å². The number of hydrogen-bond donors (Lipinski definition) is 0. The Labute approximate surface area is 341 Å². The Morgan fingerprint density at radius 3 is 1.48 bits per heavy atom. The maximum atomic E-state index is 2.54. The van der Waals surface area contributed by atoms with E-state index >= 15 is 0 Å². The van der Waals surface area contributed by atoms with Gasteiger partial charge >= 0.3 is 0 Å². The zero-order chi connectivity index (χ0) is 38.8. The van der Waals surface area contributed by atoms with Crippen LogP contribution in [0.25, 0.3) is 27.5 Å². The fourth-order valence-corrected chi connectivity index (χ4v) is 10.6. The predicted octanol–water partition coefficient (Wildman–Crippen LogP) is 14.5. The molecule has 1 aromatic heterocycles. The van der Waals surface area contributed by atoms with Crippen molar-refractivity contribution in [3.05, 3.63) is 221 Å². The van der Waals surface area contributed by atoms with Crippen LogP contribution in [-0.2, 0) is 18.3 Å². The number of fused-ring (bicyclic) bond motifs is 7. The Bertz CT molecular complexity index is 2920. The first-order chi connectivity index (χ1) is 28.6. The topological polar surface area (TPSA) is 11.4 Å². The SMILES string of the molecule is Cc1cc(C)c2c3ccc(N(c4ccccc4)c4cccc5c4[C@]4(CCc6cccc(N(c7ccccc7)c7ccccc7)c64)CC5)cc3n(-c3ccccc3)c2c1. The van der Waals surface area contributed by atoms with Gasteiger partial charge in [0.25, 0.3) is 0 Å². The fraction of sp³-hybridized carbons (Fsp3) is 0.127. The molecule has 8 aromatic carbocycles. The van der Waals surface area contributed by atoms with Crippen molar-refractivity contribution in [3.8, 4) is 5.69 Å². The summed E-state index contributed by atoms with van der Waals surface area (Å²) in [5, 5.41) is 2.59. The van der Waals surface area contributed by atoms with E-state index < -0.39 is 0 Å². The van der Waals surface area contributed by atoms with Crippen molar-refractivity contribution >= 4 is 55.9 Å². The van der Waals surface area contributed by atoms with E-state index in [0.29, 0.717) is 0 Å². The standard InChI is InChI=1S/C55H45N3/c1-38-35-39(2)52-47-30-29-46(37-50(47)58(51(52)36-38)45-25-13-6-14-26-45)57(44-23-11-5-12-24-44)49-28-16-18-41-32-34-55(54(41)49)33-31-40-17-15-27-48(53(40)55)56(42-19-7-3-8-20-42)43-21-9-4-10-22-43/h3-30,35-37H,31-34H2,1-2H3/t55-/m1/s1. The lowest BCUT2D eigenvalue weighted by Gasteiger charge is -2.37. The molecule has 0 fully saturated rings. The number of aromatic nitrogens is 1. The van der Waals surface area contributed by atoms with E-state index in [0.717, 1.165) is 37.1 Å². The number of benzene rings is 8. The molecule has 0 radical (unpaired) electrons. The Morgan fingerprint density at radius 1 is 0.448 bits per heavy atom. The molecule has 280 valence electrons. The molecule has 3 nitrogen and oxygen atoms in total. The summed E-state index contributed by atoms with van der Waals surface area (Å²) in [5.41, 5.74) is 19.2. The van der Waals surface area contributed by atoms with Crippen LogP contribution in [0.15, 0.2) is 188 Å². The second-order valence-electron chi connectivity index (χ2n) is 16.2. The lowest BCUT2D eigenvalue weighted by atomic mass is 9.74. The zero-order valence-corrected chi connectivity index (χ0v) is 33.1. The Balaban J connectivity index is 1.16.